The van der Waals surface area contributed by atoms with Crippen molar-refractivity contribution in [2.24, 2.45) is 0 Å². The molecule has 7 heteroatoms. The summed E-state index contributed by atoms with van der Waals surface area (Å²) in [5, 5.41) is 13.7. The Morgan fingerprint density at radius 3 is 3.00 bits per heavy atom. The van der Waals surface area contributed by atoms with Gasteiger partial charge in [-0.15, -0.1) is 10.2 Å². The molecule has 0 saturated carbocycles. The quantitative estimate of drug-likeness (QED) is 0.788. The molecular weight excluding hydrogens is 258 g/mol. The van der Waals surface area contributed by atoms with Crippen LogP contribution in [0.4, 0.5) is 5.82 Å². The average molecular weight is 279 g/mol. The standard InChI is InChI=1S/C13H21N5O2/c1-3-14-12-5-4-11(16-17-12)13(19)15-8-10-9-18(2)6-7-20-10/h4-5,10H,3,6-9H2,1-2H3,(H,14,17)(H,15,19). The van der Waals surface area contributed by atoms with Crippen molar-refractivity contribution in [1.82, 2.24) is 20.4 Å². The van der Waals surface area contributed by atoms with E-state index in [1.54, 1.807) is 12.1 Å². The molecule has 1 atom stereocenters. The Labute approximate surface area is 118 Å². The average Bonchev–Trinajstić information content (AvgIpc) is 2.46. The van der Waals surface area contributed by atoms with Gasteiger partial charge in [0, 0.05) is 26.2 Å². The van der Waals surface area contributed by atoms with Crippen molar-refractivity contribution in [2.45, 2.75) is 13.0 Å². The number of ether oxygens (including phenoxy) is 1. The molecule has 1 aliphatic rings. The van der Waals surface area contributed by atoms with Gasteiger partial charge in [0.1, 0.15) is 5.82 Å². The van der Waals surface area contributed by atoms with Gasteiger partial charge in [0.2, 0.25) is 0 Å². The molecule has 1 unspecified atom stereocenters. The molecule has 0 radical (unpaired) electrons. The monoisotopic (exact) mass is 279 g/mol. The first-order valence-electron chi connectivity index (χ1n) is 6.85. The van der Waals surface area contributed by atoms with Crippen molar-refractivity contribution in [1.29, 1.82) is 0 Å². The third-order valence-corrected chi connectivity index (χ3v) is 3.09. The number of hydrogen-bond acceptors (Lipinski definition) is 6. The van der Waals surface area contributed by atoms with Crippen LogP contribution in [0.1, 0.15) is 17.4 Å². The van der Waals surface area contributed by atoms with Gasteiger partial charge in [-0.05, 0) is 26.1 Å². The number of anilines is 1. The van der Waals surface area contributed by atoms with Crippen LogP contribution in [0.5, 0.6) is 0 Å². The number of carbonyl (C=O) groups excluding carboxylic acids is 1. The van der Waals surface area contributed by atoms with Crippen LogP contribution in [-0.2, 0) is 4.74 Å². The number of nitrogens with one attached hydrogen (secondary N) is 2. The molecule has 0 bridgehead atoms. The van der Waals surface area contributed by atoms with E-state index in [1.165, 1.54) is 0 Å². The SMILES string of the molecule is CCNc1ccc(C(=O)NCC2CN(C)CCO2)nn1. The van der Waals surface area contributed by atoms with Crippen LogP contribution < -0.4 is 10.6 Å². The lowest BCUT2D eigenvalue weighted by molar-refractivity contribution is -0.0175. The van der Waals surface area contributed by atoms with E-state index in [0.29, 0.717) is 24.7 Å². The predicted molar refractivity (Wildman–Crippen MR) is 75.8 cm³/mol. The smallest absolute Gasteiger partial charge is 0.271 e. The summed E-state index contributed by atoms with van der Waals surface area (Å²) in [5.41, 5.74) is 0.316. The summed E-state index contributed by atoms with van der Waals surface area (Å²) >= 11 is 0. The van der Waals surface area contributed by atoms with Crippen molar-refractivity contribution < 1.29 is 9.53 Å². The predicted octanol–water partition coefficient (Wildman–Crippen LogP) is -0.0312. The van der Waals surface area contributed by atoms with E-state index in [2.05, 4.69) is 25.7 Å². The fourth-order valence-corrected chi connectivity index (χ4v) is 2.02. The maximum atomic E-state index is 11.9. The molecule has 1 aromatic rings. The Hall–Kier alpha value is -1.73. The van der Waals surface area contributed by atoms with E-state index in [0.717, 1.165) is 19.6 Å². The van der Waals surface area contributed by atoms with Gasteiger partial charge in [-0.2, -0.15) is 0 Å². The number of rotatable bonds is 5. The zero-order chi connectivity index (χ0) is 14.4. The molecule has 1 saturated heterocycles. The highest BCUT2D eigenvalue weighted by molar-refractivity contribution is 5.92. The van der Waals surface area contributed by atoms with Crippen LogP contribution >= 0.6 is 0 Å². The Balaban J connectivity index is 1.82. The van der Waals surface area contributed by atoms with Crippen LogP contribution in [0, 0.1) is 0 Å². The van der Waals surface area contributed by atoms with Gasteiger partial charge >= 0.3 is 0 Å². The van der Waals surface area contributed by atoms with E-state index >= 15 is 0 Å². The molecule has 1 aromatic heterocycles. The molecular formula is C13H21N5O2. The summed E-state index contributed by atoms with van der Waals surface area (Å²) < 4.78 is 5.58. The van der Waals surface area contributed by atoms with Crippen LogP contribution in [0.2, 0.25) is 0 Å². The van der Waals surface area contributed by atoms with Gasteiger partial charge in [0.15, 0.2) is 5.69 Å². The highest BCUT2D eigenvalue weighted by Crippen LogP contribution is 2.03. The summed E-state index contributed by atoms with van der Waals surface area (Å²) in [7, 11) is 2.04. The normalized spacial score (nSPS) is 19.6. The second-order valence-electron chi connectivity index (χ2n) is 4.80. The van der Waals surface area contributed by atoms with Crippen LogP contribution in [0.25, 0.3) is 0 Å². The highest BCUT2D eigenvalue weighted by atomic mass is 16.5. The molecule has 2 heterocycles. The number of carbonyl (C=O) groups is 1. The van der Waals surface area contributed by atoms with Gasteiger partial charge < -0.3 is 20.3 Å². The minimum absolute atomic E-state index is 0.0340. The van der Waals surface area contributed by atoms with Crippen LogP contribution in [0.3, 0.4) is 0 Å². The number of amides is 1. The molecule has 2 N–H and O–H groups in total. The second-order valence-corrected chi connectivity index (χ2v) is 4.80. The number of nitrogens with zero attached hydrogens (tertiary/aromatic N) is 3. The zero-order valence-corrected chi connectivity index (χ0v) is 11.9. The molecule has 1 amide bonds. The van der Waals surface area contributed by atoms with Crippen molar-refractivity contribution in [3.63, 3.8) is 0 Å². The molecule has 1 fully saturated rings. The summed E-state index contributed by atoms with van der Waals surface area (Å²) in [5.74, 6) is 0.443. The minimum Gasteiger partial charge on any atom is -0.374 e. The maximum absolute atomic E-state index is 11.9. The first-order valence-corrected chi connectivity index (χ1v) is 6.85. The first-order chi connectivity index (χ1) is 9.69. The highest BCUT2D eigenvalue weighted by Gasteiger charge is 2.18. The molecule has 0 aliphatic carbocycles. The lowest BCUT2D eigenvalue weighted by atomic mass is 10.2. The van der Waals surface area contributed by atoms with Gasteiger partial charge in [0.25, 0.3) is 5.91 Å². The van der Waals surface area contributed by atoms with Gasteiger partial charge in [-0.3, -0.25) is 4.79 Å². The molecule has 7 nitrogen and oxygen atoms in total. The number of morpholine rings is 1. The van der Waals surface area contributed by atoms with E-state index in [1.807, 2.05) is 14.0 Å². The Bertz CT molecular complexity index is 437. The van der Waals surface area contributed by atoms with Crippen molar-refractivity contribution >= 4 is 11.7 Å². The lowest BCUT2D eigenvalue weighted by Crippen LogP contribution is -2.46. The Kier molecular flexibility index (Phi) is 5.25. The molecule has 110 valence electrons. The summed E-state index contributed by atoms with van der Waals surface area (Å²) in [6.45, 7) is 5.69. The van der Waals surface area contributed by atoms with Crippen molar-refractivity contribution in [3.8, 4) is 0 Å². The molecule has 2 rings (SSSR count). The number of likely N-dealkylation sites (N-methyl/N-ethyl adjacent to an activating group) is 1. The Morgan fingerprint density at radius 2 is 2.35 bits per heavy atom. The third-order valence-electron chi connectivity index (χ3n) is 3.09. The number of aromatic nitrogens is 2. The second kappa shape index (κ2) is 7.16. The minimum atomic E-state index is -0.225. The molecule has 0 aromatic carbocycles. The van der Waals surface area contributed by atoms with Crippen LogP contribution in [-0.4, -0.2) is 66.9 Å². The van der Waals surface area contributed by atoms with Gasteiger partial charge in [-0.25, -0.2) is 0 Å². The van der Waals surface area contributed by atoms with Gasteiger partial charge in [0.05, 0.1) is 12.7 Å². The largest absolute Gasteiger partial charge is 0.374 e. The number of hydrogen-bond donors (Lipinski definition) is 2. The van der Waals surface area contributed by atoms with E-state index in [4.69, 9.17) is 4.74 Å². The summed E-state index contributed by atoms with van der Waals surface area (Å²) in [6, 6.07) is 3.41. The summed E-state index contributed by atoms with van der Waals surface area (Å²) in [4.78, 5) is 14.1. The van der Waals surface area contributed by atoms with E-state index < -0.39 is 0 Å². The van der Waals surface area contributed by atoms with Crippen molar-refractivity contribution in [2.75, 3.05) is 45.2 Å². The third kappa shape index (κ3) is 4.14. The zero-order valence-electron chi connectivity index (χ0n) is 11.9. The molecule has 1 aliphatic heterocycles. The maximum Gasteiger partial charge on any atom is 0.271 e. The van der Waals surface area contributed by atoms with E-state index in [9.17, 15) is 4.79 Å². The van der Waals surface area contributed by atoms with Crippen molar-refractivity contribution in [3.05, 3.63) is 17.8 Å². The lowest BCUT2D eigenvalue weighted by Gasteiger charge is -2.30. The fraction of sp³-hybridized carbons (Fsp3) is 0.615. The Morgan fingerprint density at radius 1 is 1.50 bits per heavy atom. The first kappa shape index (κ1) is 14.7. The molecule has 0 spiro atoms. The van der Waals surface area contributed by atoms with E-state index in [-0.39, 0.29) is 12.0 Å². The fourth-order valence-electron chi connectivity index (χ4n) is 2.02. The summed E-state index contributed by atoms with van der Waals surface area (Å²) in [6.07, 6.45) is 0.0340. The van der Waals surface area contributed by atoms with Crippen LogP contribution in [0.15, 0.2) is 12.1 Å². The molecule has 20 heavy (non-hydrogen) atoms. The topological polar surface area (TPSA) is 79.4 Å². The van der Waals surface area contributed by atoms with Gasteiger partial charge in [-0.1, -0.05) is 0 Å².